The molecule has 0 bridgehead atoms. The summed E-state index contributed by atoms with van der Waals surface area (Å²) in [6, 6.07) is 0.0955. The Morgan fingerprint density at radius 3 is 2.47 bits per heavy atom. The maximum absolute atomic E-state index is 11.2. The fraction of sp³-hybridized carbons (Fsp3) is 0.778. The topological polar surface area (TPSA) is 116 Å². The van der Waals surface area contributed by atoms with Crippen molar-refractivity contribution in [1.82, 2.24) is 5.32 Å². The van der Waals surface area contributed by atoms with Gasteiger partial charge in [0.2, 0.25) is 5.91 Å². The first-order chi connectivity index (χ1) is 7.78. The lowest BCUT2D eigenvalue weighted by Gasteiger charge is -2.14. The Labute approximate surface area is 101 Å². The van der Waals surface area contributed by atoms with Gasteiger partial charge in [-0.05, 0) is 6.42 Å². The second-order valence-corrected chi connectivity index (χ2v) is 6.24. The summed E-state index contributed by atoms with van der Waals surface area (Å²) < 4.78 is 4.50. The van der Waals surface area contributed by atoms with Crippen molar-refractivity contribution in [2.24, 2.45) is 5.92 Å². The Bertz CT molecular complexity index is 270. The molecular formula is C9H19NO6Si. The minimum atomic E-state index is -3.54. The molecule has 0 aliphatic carbocycles. The second kappa shape index (κ2) is 7.38. The molecule has 4 N–H and O–H groups in total. The van der Waals surface area contributed by atoms with Crippen LogP contribution < -0.4 is 5.32 Å². The zero-order valence-electron chi connectivity index (χ0n) is 9.97. The van der Waals surface area contributed by atoms with E-state index in [1.54, 1.807) is 0 Å². The maximum Gasteiger partial charge on any atom is 0.495 e. The molecule has 1 amide bonds. The van der Waals surface area contributed by atoms with Crippen LogP contribution in [-0.4, -0.2) is 49.0 Å². The average Bonchev–Trinajstić information content (AvgIpc) is 2.24. The fourth-order valence-corrected chi connectivity index (χ4v) is 1.93. The number of carboxylic acids is 1. The molecule has 0 aliphatic rings. The Morgan fingerprint density at radius 1 is 1.41 bits per heavy atom. The molecule has 0 saturated carbocycles. The quantitative estimate of drug-likeness (QED) is 0.336. The number of nitrogens with one attached hydrogen (secondary N) is 1. The van der Waals surface area contributed by atoms with E-state index in [0.29, 0.717) is 6.42 Å². The summed E-state index contributed by atoms with van der Waals surface area (Å²) in [7, 11) is -2.32. The van der Waals surface area contributed by atoms with Crippen molar-refractivity contribution < 1.29 is 28.7 Å². The van der Waals surface area contributed by atoms with Crippen LogP contribution in [0.2, 0.25) is 6.04 Å². The predicted octanol–water partition coefficient (Wildman–Crippen LogP) is -0.827. The van der Waals surface area contributed by atoms with Gasteiger partial charge in [-0.15, -0.1) is 0 Å². The molecule has 8 heteroatoms. The van der Waals surface area contributed by atoms with Gasteiger partial charge in [-0.25, -0.2) is 0 Å². The second-order valence-electron chi connectivity index (χ2n) is 3.84. The molecule has 0 spiro atoms. The van der Waals surface area contributed by atoms with Crippen LogP contribution in [0.3, 0.4) is 0 Å². The number of amides is 1. The smallest absolute Gasteiger partial charge is 0.481 e. The van der Waals surface area contributed by atoms with Crippen LogP contribution in [0.25, 0.3) is 0 Å². The Kier molecular flexibility index (Phi) is 6.96. The molecule has 0 radical (unpaired) electrons. The Hall–Kier alpha value is -0.963. The molecule has 100 valence electrons. The van der Waals surface area contributed by atoms with Crippen molar-refractivity contribution in [1.29, 1.82) is 0 Å². The average molecular weight is 265 g/mol. The normalized spacial score (nSPS) is 13.2. The van der Waals surface area contributed by atoms with Crippen LogP contribution in [0.1, 0.15) is 19.8 Å². The maximum atomic E-state index is 11.2. The van der Waals surface area contributed by atoms with Gasteiger partial charge >= 0.3 is 14.8 Å². The zero-order chi connectivity index (χ0) is 13.5. The minimum Gasteiger partial charge on any atom is -0.481 e. The van der Waals surface area contributed by atoms with E-state index in [2.05, 4.69) is 9.74 Å². The third-order valence-corrected chi connectivity index (χ3v) is 3.90. The standard InChI is InChI=1S/C9H19NO6Si/c1-7(9(12)13)6-8(11)10-4-3-5-17(14,15)16-2/h7,14-15H,3-6H2,1-2H3,(H,10,11)(H,12,13). The van der Waals surface area contributed by atoms with Gasteiger partial charge in [0.05, 0.1) is 5.92 Å². The Balaban J connectivity index is 3.69. The van der Waals surface area contributed by atoms with Gasteiger partial charge in [0.15, 0.2) is 0 Å². The first-order valence-corrected chi connectivity index (χ1v) is 7.29. The van der Waals surface area contributed by atoms with E-state index in [9.17, 15) is 19.2 Å². The number of carbonyl (C=O) groups is 2. The summed E-state index contributed by atoms with van der Waals surface area (Å²) in [6.45, 7) is 1.72. The van der Waals surface area contributed by atoms with Crippen molar-refractivity contribution in [2.45, 2.75) is 25.8 Å². The predicted molar refractivity (Wildman–Crippen MR) is 61.1 cm³/mol. The number of hydrogen-bond acceptors (Lipinski definition) is 5. The van der Waals surface area contributed by atoms with Crippen LogP contribution in [0.5, 0.6) is 0 Å². The molecule has 0 aliphatic heterocycles. The fourth-order valence-electron chi connectivity index (χ4n) is 1.09. The lowest BCUT2D eigenvalue weighted by atomic mass is 10.1. The van der Waals surface area contributed by atoms with E-state index < -0.39 is 20.7 Å². The highest BCUT2D eigenvalue weighted by atomic mass is 28.4. The van der Waals surface area contributed by atoms with Crippen LogP contribution in [-0.2, 0) is 14.0 Å². The van der Waals surface area contributed by atoms with E-state index in [-0.39, 0.29) is 24.9 Å². The van der Waals surface area contributed by atoms with Gasteiger partial charge in [-0.1, -0.05) is 6.92 Å². The molecule has 7 nitrogen and oxygen atoms in total. The van der Waals surface area contributed by atoms with E-state index in [1.165, 1.54) is 14.0 Å². The molecule has 17 heavy (non-hydrogen) atoms. The number of hydrogen-bond donors (Lipinski definition) is 4. The van der Waals surface area contributed by atoms with Crippen molar-refractivity contribution in [3.05, 3.63) is 0 Å². The monoisotopic (exact) mass is 265 g/mol. The third-order valence-electron chi connectivity index (χ3n) is 2.24. The van der Waals surface area contributed by atoms with Gasteiger partial charge in [0.1, 0.15) is 0 Å². The van der Waals surface area contributed by atoms with Crippen LogP contribution in [0.15, 0.2) is 0 Å². The van der Waals surface area contributed by atoms with Gasteiger partial charge < -0.3 is 24.4 Å². The van der Waals surface area contributed by atoms with Crippen LogP contribution in [0.4, 0.5) is 0 Å². The molecule has 1 unspecified atom stereocenters. The third kappa shape index (κ3) is 7.86. The number of carbonyl (C=O) groups excluding carboxylic acids is 1. The number of aliphatic carboxylic acids is 1. The van der Waals surface area contributed by atoms with Crippen LogP contribution in [0, 0.1) is 5.92 Å². The molecule has 0 heterocycles. The molecule has 0 aromatic heterocycles. The first-order valence-electron chi connectivity index (χ1n) is 5.28. The summed E-state index contributed by atoms with van der Waals surface area (Å²) >= 11 is 0. The zero-order valence-corrected chi connectivity index (χ0v) is 11.0. The summed E-state index contributed by atoms with van der Waals surface area (Å²) in [5.74, 6) is -2.10. The van der Waals surface area contributed by atoms with Gasteiger partial charge in [-0.2, -0.15) is 0 Å². The SMILES string of the molecule is CO[Si](O)(O)CCCNC(=O)CC(C)C(=O)O. The highest BCUT2D eigenvalue weighted by Crippen LogP contribution is 2.05. The molecule has 0 rings (SSSR count). The minimum absolute atomic E-state index is 0.0829. The summed E-state index contributed by atoms with van der Waals surface area (Å²) in [5, 5.41) is 11.1. The Morgan fingerprint density at radius 2 is 2.00 bits per heavy atom. The van der Waals surface area contributed by atoms with Gasteiger partial charge in [0.25, 0.3) is 0 Å². The lowest BCUT2D eigenvalue weighted by Crippen LogP contribution is -2.38. The molecule has 0 aromatic rings. The van der Waals surface area contributed by atoms with Crippen LogP contribution >= 0.6 is 0 Å². The lowest BCUT2D eigenvalue weighted by molar-refractivity contribution is -0.143. The molecular weight excluding hydrogens is 246 g/mol. The van der Waals surface area contributed by atoms with E-state index in [0.717, 1.165) is 0 Å². The molecule has 0 fully saturated rings. The van der Waals surface area contributed by atoms with Crippen molar-refractivity contribution in [2.75, 3.05) is 13.7 Å². The highest BCUT2D eigenvalue weighted by molar-refractivity contribution is 6.57. The van der Waals surface area contributed by atoms with E-state index in [1.807, 2.05) is 0 Å². The van der Waals surface area contributed by atoms with E-state index in [4.69, 9.17) is 5.11 Å². The van der Waals surface area contributed by atoms with Crippen molar-refractivity contribution in [3.8, 4) is 0 Å². The molecule has 1 atom stereocenters. The van der Waals surface area contributed by atoms with Gasteiger partial charge in [0, 0.05) is 26.1 Å². The summed E-state index contributed by atoms with van der Waals surface area (Å²) in [5.41, 5.74) is 0. The van der Waals surface area contributed by atoms with Gasteiger partial charge in [-0.3, -0.25) is 9.59 Å². The van der Waals surface area contributed by atoms with E-state index >= 15 is 0 Å². The first kappa shape index (κ1) is 16.0. The number of rotatable bonds is 8. The van der Waals surface area contributed by atoms with Crippen molar-refractivity contribution in [3.63, 3.8) is 0 Å². The highest BCUT2D eigenvalue weighted by Gasteiger charge is 2.29. The van der Waals surface area contributed by atoms with Crippen molar-refractivity contribution >= 4 is 20.7 Å². The molecule has 0 aromatic carbocycles. The summed E-state index contributed by atoms with van der Waals surface area (Å²) in [4.78, 5) is 40.1. The molecule has 0 saturated heterocycles. The largest absolute Gasteiger partial charge is 0.495 e. The summed E-state index contributed by atoms with van der Waals surface area (Å²) in [6.07, 6.45) is 0.292. The number of carboxylic acid groups (broad SMARTS) is 1.